The van der Waals surface area contributed by atoms with Gasteiger partial charge in [0.15, 0.2) is 0 Å². The monoisotopic (exact) mass is 465 g/mol. The van der Waals surface area contributed by atoms with E-state index in [0.29, 0.717) is 16.5 Å². The molecule has 3 rings (SSSR count). The summed E-state index contributed by atoms with van der Waals surface area (Å²) >= 11 is 9.83. The van der Waals surface area contributed by atoms with Crippen LogP contribution in [0.3, 0.4) is 0 Å². The smallest absolute Gasteiger partial charge is 0.207 e. The normalized spacial score (nSPS) is 19.5. The summed E-state index contributed by atoms with van der Waals surface area (Å²) in [5.41, 5.74) is 0.920. The molecule has 1 atom stereocenters. The minimum Gasteiger partial charge on any atom is -0.207 e. The summed E-state index contributed by atoms with van der Waals surface area (Å²) < 4.78 is 28.4. The number of sulfonamides is 1. The number of thioether (sulfide) groups is 1. The third-order valence-corrected chi connectivity index (χ3v) is 7.63. The van der Waals surface area contributed by atoms with Crippen LogP contribution in [0.1, 0.15) is 10.9 Å². The highest BCUT2D eigenvalue weighted by molar-refractivity contribution is 14.1. The van der Waals surface area contributed by atoms with Gasteiger partial charge in [-0.25, -0.2) is 8.42 Å². The number of rotatable bonds is 3. The lowest BCUT2D eigenvalue weighted by Crippen LogP contribution is -2.30. The fourth-order valence-electron chi connectivity index (χ4n) is 2.37. The molecule has 116 valence electrons. The number of benzene rings is 2. The van der Waals surface area contributed by atoms with Crippen LogP contribution >= 0.6 is 46.0 Å². The molecule has 2 aromatic carbocycles. The van der Waals surface area contributed by atoms with E-state index in [0.717, 1.165) is 14.9 Å². The van der Waals surface area contributed by atoms with Gasteiger partial charge in [-0.2, -0.15) is 4.31 Å². The zero-order chi connectivity index (χ0) is 15.7. The molecule has 2 aromatic rings. The molecule has 0 aliphatic carbocycles. The predicted octanol–water partition coefficient (Wildman–Crippen LogP) is 4.38. The Morgan fingerprint density at radius 1 is 1.18 bits per heavy atom. The maximum atomic E-state index is 12.9. The van der Waals surface area contributed by atoms with Crippen LogP contribution in [0.5, 0.6) is 0 Å². The summed E-state index contributed by atoms with van der Waals surface area (Å²) in [7, 11) is -3.50. The number of halogens is 2. The van der Waals surface area contributed by atoms with Crippen molar-refractivity contribution in [2.24, 2.45) is 0 Å². The third kappa shape index (κ3) is 3.31. The molecule has 0 spiro atoms. The first kappa shape index (κ1) is 16.6. The number of hydrogen-bond donors (Lipinski definition) is 0. The summed E-state index contributed by atoms with van der Waals surface area (Å²) in [6.07, 6.45) is 0. The lowest BCUT2D eigenvalue weighted by molar-refractivity contribution is 0.434. The Bertz CT molecular complexity index is 780. The van der Waals surface area contributed by atoms with E-state index in [4.69, 9.17) is 11.6 Å². The molecule has 3 nitrogen and oxygen atoms in total. The molecule has 7 heteroatoms. The van der Waals surface area contributed by atoms with Gasteiger partial charge in [0.1, 0.15) is 0 Å². The van der Waals surface area contributed by atoms with Crippen molar-refractivity contribution in [2.45, 2.75) is 10.3 Å². The molecule has 1 aliphatic heterocycles. The Balaban J connectivity index is 1.97. The van der Waals surface area contributed by atoms with Crippen molar-refractivity contribution < 1.29 is 8.42 Å². The van der Waals surface area contributed by atoms with E-state index in [9.17, 15) is 8.42 Å². The van der Waals surface area contributed by atoms with Crippen LogP contribution in [0.15, 0.2) is 53.4 Å². The SMILES string of the molecule is O=S(=O)(c1ccc(I)cc1)N1CCS[C@@H]1c1cccc(Cl)c1. The molecule has 0 amide bonds. The van der Waals surface area contributed by atoms with E-state index in [2.05, 4.69) is 22.6 Å². The highest BCUT2D eigenvalue weighted by atomic mass is 127. The van der Waals surface area contributed by atoms with E-state index in [1.807, 2.05) is 30.3 Å². The van der Waals surface area contributed by atoms with Crippen LogP contribution in [0, 0.1) is 3.57 Å². The Labute approximate surface area is 153 Å². The Morgan fingerprint density at radius 2 is 1.91 bits per heavy atom. The van der Waals surface area contributed by atoms with Crippen LogP contribution in [0.4, 0.5) is 0 Å². The fraction of sp³-hybridized carbons (Fsp3) is 0.200. The summed E-state index contributed by atoms with van der Waals surface area (Å²) in [6, 6.07) is 14.3. The van der Waals surface area contributed by atoms with Crippen LogP contribution in [-0.2, 0) is 10.0 Å². The van der Waals surface area contributed by atoms with Gasteiger partial charge < -0.3 is 0 Å². The molecule has 0 unspecified atom stereocenters. The summed E-state index contributed by atoms with van der Waals surface area (Å²) in [6.45, 7) is 0.510. The van der Waals surface area contributed by atoms with Crippen LogP contribution in [0.2, 0.25) is 5.02 Å². The summed E-state index contributed by atoms with van der Waals surface area (Å²) in [4.78, 5) is 0.336. The molecule has 1 saturated heterocycles. The van der Waals surface area contributed by atoms with E-state index in [-0.39, 0.29) is 5.37 Å². The second kappa shape index (κ2) is 6.68. The standard InChI is InChI=1S/C15H13ClINO2S2/c16-12-3-1-2-11(10-12)15-18(8-9-21-15)22(19,20)14-6-4-13(17)5-7-14/h1-7,10,15H,8-9H2/t15-/m1/s1. The first-order chi connectivity index (χ1) is 10.5. The maximum Gasteiger partial charge on any atom is 0.244 e. The first-order valence-corrected chi connectivity index (χ1v) is 10.6. The third-order valence-electron chi connectivity index (χ3n) is 3.40. The molecule has 0 saturated carbocycles. The van der Waals surface area contributed by atoms with Crippen LogP contribution in [-0.4, -0.2) is 25.0 Å². The van der Waals surface area contributed by atoms with E-state index in [1.165, 1.54) is 0 Å². The van der Waals surface area contributed by atoms with Crippen molar-refractivity contribution in [3.63, 3.8) is 0 Å². The maximum absolute atomic E-state index is 12.9. The second-order valence-electron chi connectivity index (χ2n) is 4.85. The van der Waals surface area contributed by atoms with Crippen molar-refractivity contribution in [3.05, 3.63) is 62.7 Å². The Morgan fingerprint density at radius 3 is 2.59 bits per heavy atom. The van der Waals surface area contributed by atoms with E-state index < -0.39 is 10.0 Å². The van der Waals surface area contributed by atoms with E-state index in [1.54, 1.807) is 34.3 Å². The zero-order valence-corrected chi connectivity index (χ0v) is 16.0. The molecule has 1 aliphatic rings. The molecule has 22 heavy (non-hydrogen) atoms. The van der Waals surface area contributed by atoms with Gasteiger partial charge in [-0.05, 0) is 64.6 Å². The van der Waals surface area contributed by atoms with Crippen molar-refractivity contribution in [1.82, 2.24) is 4.31 Å². The first-order valence-electron chi connectivity index (χ1n) is 6.63. The fourth-order valence-corrected chi connectivity index (χ4v) is 6.15. The molecule has 1 fully saturated rings. The van der Waals surface area contributed by atoms with Crippen LogP contribution < -0.4 is 0 Å². The average molecular weight is 466 g/mol. The van der Waals surface area contributed by atoms with Crippen LogP contribution in [0.25, 0.3) is 0 Å². The second-order valence-corrected chi connectivity index (χ2v) is 9.61. The molecule has 0 bridgehead atoms. The average Bonchev–Trinajstić information content (AvgIpc) is 2.98. The minimum absolute atomic E-state index is 0.219. The lowest BCUT2D eigenvalue weighted by atomic mass is 10.2. The highest BCUT2D eigenvalue weighted by Gasteiger charge is 2.36. The van der Waals surface area contributed by atoms with Gasteiger partial charge in [0, 0.05) is 20.9 Å². The molecule has 0 aromatic heterocycles. The Hall–Kier alpha value is -0.280. The van der Waals surface area contributed by atoms with Gasteiger partial charge in [0.05, 0.1) is 10.3 Å². The van der Waals surface area contributed by atoms with Crippen molar-refractivity contribution >= 4 is 56.0 Å². The van der Waals surface area contributed by atoms with Gasteiger partial charge >= 0.3 is 0 Å². The predicted molar refractivity (Wildman–Crippen MR) is 99.7 cm³/mol. The quantitative estimate of drug-likeness (QED) is 0.631. The Kier molecular flexibility index (Phi) is 5.04. The summed E-state index contributed by atoms with van der Waals surface area (Å²) in [5.74, 6) is 0.779. The molecule has 1 heterocycles. The van der Waals surface area contributed by atoms with Gasteiger partial charge in [-0.1, -0.05) is 23.7 Å². The van der Waals surface area contributed by atoms with Crippen molar-refractivity contribution in [2.75, 3.05) is 12.3 Å². The van der Waals surface area contributed by atoms with Gasteiger partial charge in [-0.3, -0.25) is 0 Å². The lowest BCUT2D eigenvalue weighted by Gasteiger charge is -2.23. The number of hydrogen-bond acceptors (Lipinski definition) is 3. The molecular formula is C15H13ClINO2S2. The van der Waals surface area contributed by atoms with Crippen molar-refractivity contribution in [3.8, 4) is 0 Å². The topological polar surface area (TPSA) is 37.4 Å². The minimum atomic E-state index is -3.50. The van der Waals surface area contributed by atoms with E-state index >= 15 is 0 Å². The molecule has 0 N–H and O–H groups in total. The van der Waals surface area contributed by atoms with Crippen molar-refractivity contribution in [1.29, 1.82) is 0 Å². The highest BCUT2D eigenvalue weighted by Crippen LogP contribution is 2.41. The summed E-state index contributed by atoms with van der Waals surface area (Å²) in [5, 5.41) is 0.402. The molecule has 0 radical (unpaired) electrons. The van der Waals surface area contributed by atoms with Gasteiger partial charge in [-0.15, -0.1) is 11.8 Å². The number of nitrogens with zero attached hydrogens (tertiary/aromatic N) is 1. The van der Waals surface area contributed by atoms with Gasteiger partial charge in [0.25, 0.3) is 0 Å². The largest absolute Gasteiger partial charge is 0.244 e. The molecular weight excluding hydrogens is 453 g/mol. The van der Waals surface area contributed by atoms with Gasteiger partial charge in [0.2, 0.25) is 10.0 Å². The zero-order valence-electron chi connectivity index (χ0n) is 11.4.